The number of aliphatic imine (C=N–C) groups is 1. The second-order valence-electron chi connectivity index (χ2n) is 9.20. The quantitative estimate of drug-likeness (QED) is 0.340. The third kappa shape index (κ3) is 6.82. The zero-order valence-corrected chi connectivity index (χ0v) is 20.5. The number of morpholine rings is 1. The van der Waals surface area contributed by atoms with Crippen molar-refractivity contribution in [1.29, 1.82) is 0 Å². The van der Waals surface area contributed by atoms with Crippen LogP contribution in [0.2, 0.25) is 0 Å². The van der Waals surface area contributed by atoms with Crippen LogP contribution in [-0.4, -0.2) is 88.4 Å². The monoisotopic (exact) mass is 457 g/mol. The maximum Gasteiger partial charge on any atom is 0.341 e. The van der Waals surface area contributed by atoms with Crippen molar-refractivity contribution in [2.24, 2.45) is 4.99 Å². The van der Waals surface area contributed by atoms with Crippen molar-refractivity contribution in [1.82, 2.24) is 9.80 Å². The minimum absolute atomic E-state index is 0.352. The molecule has 8 heteroatoms. The molecule has 1 saturated heterocycles. The average molecular weight is 458 g/mol. The summed E-state index contributed by atoms with van der Waals surface area (Å²) in [7, 11) is 5.37. The Morgan fingerprint density at radius 3 is 2.58 bits per heavy atom. The van der Waals surface area contributed by atoms with Crippen molar-refractivity contribution >= 4 is 28.8 Å². The van der Waals surface area contributed by atoms with E-state index < -0.39 is 11.6 Å². The molecule has 2 aromatic carbocycles. The number of carbonyl (C=O) groups excluding carboxylic acids is 1. The maximum atomic E-state index is 13.2. The lowest BCUT2D eigenvalue weighted by molar-refractivity contribution is 0.00701. The Balaban J connectivity index is 2.07. The number of benzene rings is 2. The van der Waals surface area contributed by atoms with E-state index in [-0.39, 0.29) is 0 Å². The van der Waals surface area contributed by atoms with E-state index in [1.54, 1.807) is 19.5 Å². The highest BCUT2D eigenvalue weighted by Gasteiger charge is 2.25. The van der Waals surface area contributed by atoms with Crippen LogP contribution in [0.4, 0.5) is 5.69 Å². The van der Waals surface area contributed by atoms with E-state index in [2.05, 4.69) is 9.89 Å². The van der Waals surface area contributed by atoms with Crippen LogP contribution in [0, 0.1) is 0 Å². The van der Waals surface area contributed by atoms with Gasteiger partial charge in [-0.3, -0.25) is 4.90 Å². The van der Waals surface area contributed by atoms with E-state index in [1.165, 1.54) is 0 Å². The fourth-order valence-electron chi connectivity index (χ4n) is 3.51. The summed E-state index contributed by atoms with van der Waals surface area (Å²) in [5.41, 5.74) is 0.170. The van der Waals surface area contributed by atoms with Crippen LogP contribution in [0.1, 0.15) is 31.1 Å². The highest BCUT2D eigenvalue weighted by molar-refractivity contribution is 6.06. The van der Waals surface area contributed by atoms with Crippen LogP contribution in [0.25, 0.3) is 10.8 Å². The summed E-state index contributed by atoms with van der Waals surface area (Å²) in [6, 6.07) is 7.50. The molecule has 8 nitrogen and oxygen atoms in total. The van der Waals surface area contributed by atoms with Crippen LogP contribution < -0.4 is 9.47 Å². The SMILES string of the molecule is COc1ccc2c(OCCN3CCOCC3)c(N=CN(C)C)c(C(=O)OC(C)(C)C)cc2c1. The molecule has 0 aromatic heterocycles. The van der Waals surface area contributed by atoms with Crippen molar-refractivity contribution in [3.05, 3.63) is 29.8 Å². The largest absolute Gasteiger partial charge is 0.497 e. The first kappa shape index (κ1) is 24.8. The molecule has 0 aliphatic carbocycles. The first-order valence-corrected chi connectivity index (χ1v) is 11.2. The van der Waals surface area contributed by atoms with Gasteiger partial charge in [-0.15, -0.1) is 0 Å². The van der Waals surface area contributed by atoms with Crippen LogP contribution in [0.5, 0.6) is 11.5 Å². The number of fused-ring (bicyclic) bond motifs is 1. The number of esters is 1. The van der Waals surface area contributed by atoms with Crippen molar-refractivity contribution in [2.45, 2.75) is 26.4 Å². The molecule has 3 rings (SSSR count). The first-order valence-electron chi connectivity index (χ1n) is 11.2. The van der Waals surface area contributed by atoms with Gasteiger partial charge < -0.3 is 23.8 Å². The Labute approximate surface area is 196 Å². The molecule has 0 unspecified atom stereocenters. The number of ether oxygens (including phenoxy) is 4. The summed E-state index contributed by atoms with van der Waals surface area (Å²) in [6.07, 6.45) is 1.66. The normalized spacial score (nSPS) is 15.1. The molecule has 0 atom stereocenters. The lowest BCUT2D eigenvalue weighted by Crippen LogP contribution is -2.38. The van der Waals surface area contributed by atoms with Gasteiger partial charge in [-0.05, 0) is 50.4 Å². The molecule has 0 radical (unpaired) electrons. The summed E-state index contributed by atoms with van der Waals surface area (Å²) in [6.45, 7) is 9.98. The van der Waals surface area contributed by atoms with Gasteiger partial charge in [-0.1, -0.05) is 0 Å². The zero-order valence-electron chi connectivity index (χ0n) is 20.5. The Morgan fingerprint density at radius 1 is 1.21 bits per heavy atom. The molecule has 1 fully saturated rings. The van der Waals surface area contributed by atoms with Crippen LogP contribution >= 0.6 is 0 Å². The Bertz CT molecular complexity index is 992. The van der Waals surface area contributed by atoms with Crippen molar-refractivity contribution < 1.29 is 23.7 Å². The van der Waals surface area contributed by atoms with Crippen molar-refractivity contribution in [3.63, 3.8) is 0 Å². The molecule has 0 spiro atoms. The first-order chi connectivity index (χ1) is 15.7. The molecule has 0 N–H and O–H groups in total. The van der Waals surface area contributed by atoms with Crippen LogP contribution in [0.15, 0.2) is 29.3 Å². The van der Waals surface area contributed by atoms with E-state index >= 15 is 0 Å². The third-order valence-electron chi connectivity index (χ3n) is 5.07. The van der Waals surface area contributed by atoms with E-state index in [0.29, 0.717) is 29.4 Å². The Morgan fingerprint density at radius 2 is 1.94 bits per heavy atom. The molecule has 0 saturated carbocycles. The van der Waals surface area contributed by atoms with Gasteiger partial charge in [0.1, 0.15) is 23.6 Å². The van der Waals surface area contributed by atoms with E-state index in [9.17, 15) is 4.79 Å². The Hall–Kier alpha value is -2.84. The van der Waals surface area contributed by atoms with Gasteiger partial charge in [-0.25, -0.2) is 9.79 Å². The molecule has 0 amide bonds. The van der Waals surface area contributed by atoms with Crippen LogP contribution in [0.3, 0.4) is 0 Å². The summed E-state index contributed by atoms with van der Waals surface area (Å²) in [5.74, 6) is 0.806. The second kappa shape index (κ2) is 10.9. The van der Waals surface area contributed by atoms with E-state index in [4.69, 9.17) is 18.9 Å². The zero-order chi connectivity index (χ0) is 24.0. The molecule has 0 bridgehead atoms. The summed E-state index contributed by atoms with van der Waals surface area (Å²) in [5, 5.41) is 1.68. The van der Waals surface area contributed by atoms with Crippen molar-refractivity contribution in [3.8, 4) is 11.5 Å². The number of nitrogens with zero attached hydrogens (tertiary/aromatic N) is 3. The lowest BCUT2D eigenvalue weighted by Gasteiger charge is -2.26. The highest BCUT2D eigenvalue weighted by Crippen LogP contribution is 2.41. The van der Waals surface area contributed by atoms with Crippen molar-refractivity contribution in [2.75, 3.05) is 60.7 Å². The average Bonchev–Trinajstić information content (AvgIpc) is 2.76. The van der Waals surface area contributed by atoms with E-state index in [0.717, 1.165) is 43.6 Å². The second-order valence-corrected chi connectivity index (χ2v) is 9.20. The topological polar surface area (TPSA) is 72.8 Å². The fraction of sp³-hybridized carbons (Fsp3) is 0.520. The number of carbonyl (C=O) groups is 1. The molecule has 1 heterocycles. The van der Waals surface area contributed by atoms with Gasteiger partial charge in [-0.2, -0.15) is 0 Å². The number of rotatable bonds is 8. The molecule has 1 aliphatic heterocycles. The van der Waals surface area contributed by atoms with Gasteiger partial charge in [0.25, 0.3) is 0 Å². The maximum absolute atomic E-state index is 13.2. The summed E-state index contributed by atoms with van der Waals surface area (Å²) >= 11 is 0. The summed E-state index contributed by atoms with van der Waals surface area (Å²) in [4.78, 5) is 21.9. The molecular formula is C25H35N3O5. The standard InChI is InChI=1S/C25H35N3O5/c1-25(2,3)33-24(29)21-16-18-15-19(30-6)7-8-20(18)23(22(21)26-17-27(4)5)32-14-11-28-9-12-31-13-10-28/h7-8,15-17H,9-14H2,1-6H3. The molecule has 33 heavy (non-hydrogen) atoms. The van der Waals surface area contributed by atoms with Gasteiger partial charge in [0.15, 0.2) is 5.75 Å². The third-order valence-corrected chi connectivity index (χ3v) is 5.07. The van der Waals surface area contributed by atoms with Gasteiger partial charge in [0.05, 0.1) is 32.2 Å². The molecular weight excluding hydrogens is 422 g/mol. The molecule has 2 aromatic rings. The molecule has 180 valence electrons. The van der Waals surface area contributed by atoms with E-state index in [1.807, 2.05) is 58.0 Å². The highest BCUT2D eigenvalue weighted by atomic mass is 16.6. The minimum Gasteiger partial charge on any atom is -0.497 e. The predicted molar refractivity (Wildman–Crippen MR) is 130 cm³/mol. The number of hydrogen-bond acceptors (Lipinski definition) is 7. The van der Waals surface area contributed by atoms with Gasteiger partial charge in [0, 0.05) is 39.1 Å². The van der Waals surface area contributed by atoms with Gasteiger partial charge >= 0.3 is 5.97 Å². The Kier molecular flexibility index (Phi) is 8.15. The van der Waals surface area contributed by atoms with Crippen LogP contribution in [-0.2, 0) is 9.47 Å². The summed E-state index contributed by atoms with van der Waals surface area (Å²) < 4.78 is 22.8. The minimum atomic E-state index is -0.639. The lowest BCUT2D eigenvalue weighted by atomic mass is 10.0. The number of hydrogen-bond donors (Lipinski definition) is 0. The van der Waals surface area contributed by atoms with Gasteiger partial charge in [0.2, 0.25) is 0 Å². The molecule has 1 aliphatic rings. The smallest absolute Gasteiger partial charge is 0.341 e. The fourth-order valence-corrected chi connectivity index (χ4v) is 3.51. The number of methoxy groups -OCH3 is 1. The predicted octanol–water partition coefficient (Wildman–Crippen LogP) is 3.74.